The molecule has 0 aliphatic carbocycles. The van der Waals surface area contributed by atoms with E-state index in [0.29, 0.717) is 68.2 Å². The Labute approximate surface area is 303 Å². The highest BCUT2D eigenvalue weighted by atomic mass is 16.5. The summed E-state index contributed by atoms with van der Waals surface area (Å²) < 4.78 is 16.7. The topological polar surface area (TPSA) is 172 Å². The van der Waals surface area contributed by atoms with Crippen LogP contribution in [0, 0.1) is 13.8 Å². The van der Waals surface area contributed by atoms with Crippen LogP contribution in [0.25, 0.3) is 66.7 Å². The Hall–Kier alpha value is -5.93. The molecule has 2 aromatic carbocycles. The highest BCUT2D eigenvalue weighted by Gasteiger charge is 2.25. The Kier molecular flexibility index (Phi) is 7.40. The van der Waals surface area contributed by atoms with Gasteiger partial charge >= 0.3 is 0 Å². The number of aryl methyl sites for hydroxylation is 3. The van der Waals surface area contributed by atoms with Gasteiger partial charge in [0.15, 0.2) is 22.7 Å². The molecule has 268 valence electrons. The fraction of sp³-hybridized carbons (Fsp3) is 0.342. The van der Waals surface area contributed by atoms with Gasteiger partial charge in [0.05, 0.1) is 35.2 Å². The lowest BCUT2D eigenvalue weighted by Crippen LogP contribution is -2.30. The first-order chi connectivity index (χ1) is 25.8. The molecule has 6 aromatic heterocycles. The summed E-state index contributed by atoms with van der Waals surface area (Å²) in [5.74, 6) is 1.60. The molecule has 0 unspecified atom stereocenters. The average Bonchev–Trinajstić information content (AvgIpc) is 3.97. The number of nitrogens with one attached hydrogen (secondary N) is 2. The number of piperidine rings is 2. The Bertz CT molecular complexity index is 2690. The van der Waals surface area contributed by atoms with Crippen LogP contribution in [0.2, 0.25) is 0 Å². The number of oxazole rings is 1. The summed E-state index contributed by atoms with van der Waals surface area (Å²) in [6, 6.07) is 11.9. The van der Waals surface area contributed by atoms with Crippen molar-refractivity contribution in [1.82, 2.24) is 60.1 Å². The lowest BCUT2D eigenvalue weighted by molar-refractivity contribution is 0.316. The van der Waals surface area contributed by atoms with Gasteiger partial charge in [-0.15, -0.1) is 10.2 Å². The molecule has 3 N–H and O–H groups in total. The number of nitrogens with zero attached hydrogens (tertiary/aromatic N) is 10. The van der Waals surface area contributed by atoms with Gasteiger partial charge in [0, 0.05) is 54.4 Å². The Morgan fingerprint density at radius 1 is 0.736 bits per heavy atom. The fourth-order valence-electron chi connectivity index (χ4n) is 7.75. The molecule has 15 heteroatoms. The van der Waals surface area contributed by atoms with Gasteiger partial charge in [-0.2, -0.15) is 15.0 Å². The van der Waals surface area contributed by atoms with Crippen LogP contribution in [-0.2, 0) is 7.05 Å². The predicted octanol–water partition coefficient (Wildman–Crippen LogP) is 5.90. The molecule has 2 aliphatic heterocycles. The fourth-order valence-corrected chi connectivity index (χ4v) is 7.75. The number of phenols is 1. The maximum absolute atomic E-state index is 11.5. The zero-order valence-electron chi connectivity index (χ0n) is 29.7. The third-order valence-electron chi connectivity index (χ3n) is 10.5. The number of ether oxygens (including phenoxy) is 1. The third kappa shape index (κ3) is 5.54. The SMILES string of the molecule is Cc1nc2cc(Oc3cc(-c4cc5cn(C)nc5c(C)c4O)nc4nn(C5CCNCC5)nc34)c(-c3ccc4nn(C5CCNCC5)cc4n3)cc2o1. The van der Waals surface area contributed by atoms with Crippen LogP contribution in [0.1, 0.15) is 49.2 Å². The molecule has 0 bridgehead atoms. The standard InChI is InChI=1S/C38H38N12O3/c1-20-35-22(18-48(3)45-35)14-26(37(20)51)29-16-34(36-38(43-29)47-50(46-36)24-8-12-40-13-9-24)53-32-17-30-33(52-21(2)41-30)15-25(32)27-4-5-28-31(42-27)19-49(44-28)23-6-10-39-11-7-23/h4-5,14-19,23-24,39-40,51H,6-13H2,1-3H3. The third-order valence-corrected chi connectivity index (χ3v) is 10.5. The number of hydrogen-bond donors (Lipinski definition) is 3. The number of rotatable bonds is 6. The molecule has 0 spiro atoms. The first-order valence-electron chi connectivity index (χ1n) is 18.2. The van der Waals surface area contributed by atoms with E-state index < -0.39 is 0 Å². The molecular weight excluding hydrogens is 672 g/mol. The van der Waals surface area contributed by atoms with Crippen LogP contribution in [0.3, 0.4) is 0 Å². The molecule has 2 saturated heterocycles. The van der Waals surface area contributed by atoms with E-state index in [1.807, 2.05) is 69.7 Å². The van der Waals surface area contributed by atoms with Crippen molar-refractivity contribution in [3.8, 4) is 39.8 Å². The van der Waals surface area contributed by atoms with Gasteiger partial charge in [-0.05, 0) is 83.1 Å². The van der Waals surface area contributed by atoms with E-state index in [2.05, 4.69) is 25.4 Å². The smallest absolute Gasteiger partial charge is 0.206 e. The summed E-state index contributed by atoms with van der Waals surface area (Å²) in [5, 5.41) is 38.5. The Morgan fingerprint density at radius 3 is 2.34 bits per heavy atom. The van der Waals surface area contributed by atoms with Gasteiger partial charge in [-0.25, -0.2) is 15.0 Å². The quantitative estimate of drug-likeness (QED) is 0.187. The number of hydrogen-bond acceptors (Lipinski definition) is 12. The van der Waals surface area contributed by atoms with Crippen molar-refractivity contribution in [2.24, 2.45) is 7.05 Å². The molecule has 15 nitrogen and oxygen atoms in total. The zero-order chi connectivity index (χ0) is 35.8. The van der Waals surface area contributed by atoms with Gasteiger partial charge in [-0.3, -0.25) is 9.36 Å². The summed E-state index contributed by atoms with van der Waals surface area (Å²) in [4.78, 5) is 16.4. The van der Waals surface area contributed by atoms with Crippen LogP contribution >= 0.6 is 0 Å². The summed E-state index contributed by atoms with van der Waals surface area (Å²) in [7, 11) is 1.86. The number of aromatic hydroxyl groups is 1. The Balaban J connectivity index is 1.13. The highest BCUT2D eigenvalue weighted by Crippen LogP contribution is 2.42. The molecule has 53 heavy (non-hydrogen) atoms. The average molecular weight is 711 g/mol. The molecule has 8 heterocycles. The van der Waals surface area contributed by atoms with Crippen molar-refractivity contribution >= 4 is 44.2 Å². The molecule has 0 atom stereocenters. The second-order valence-corrected chi connectivity index (χ2v) is 14.2. The van der Waals surface area contributed by atoms with Gasteiger partial charge in [0.1, 0.15) is 28.0 Å². The summed E-state index contributed by atoms with van der Waals surface area (Å²) in [6.07, 6.45) is 7.82. The van der Waals surface area contributed by atoms with E-state index in [1.165, 1.54) is 0 Å². The van der Waals surface area contributed by atoms with Crippen LogP contribution in [-0.4, -0.2) is 80.8 Å². The molecule has 0 saturated carbocycles. The highest BCUT2D eigenvalue weighted by molar-refractivity contribution is 5.93. The maximum atomic E-state index is 11.5. The molecule has 0 amide bonds. The molecule has 8 aromatic rings. The van der Waals surface area contributed by atoms with E-state index in [0.717, 1.165) is 79.4 Å². The first-order valence-corrected chi connectivity index (χ1v) is 18.2. The van der Waals surface area contributed by atoms with E-state index in [1.54, 1.807) is 9.48 Å². The van der Waals surface area contributed by atoms with Crippen molar-refractivity contribution < 1.29 is 14.3 Å². The van der Waals surface area contributed by atoms with Gasteiger partial charge in [0.25, 0.3) is 0 Å². The van der Waals surface area contributed by atoms with Crippen molar-refractivity contribution in [2.45, 2.75) is 51.6 Å². The zero-order valence-corrected chi connectivity index (χ0v) is 29.7. The van der Waals surface area contributed by atoms with Crippen molar-refractivity contribution in [3.63, 3.8) is 0 Å². The van der Waals surface area contributed by atoms with Crippen molar-refractivity contribution in [2.75, 3.05) is 26.2 Å². The van der Waals surface area contributed by atoms with E-state index in [4.69, 9.17) is 34.4 Å². The molecule has 2 aliphatic rings. The van der Waals surface area contributed by atoms with Crippen LogP contribution in [0.4, 0.5) is 0 Å². The van der Waals surface area contributed by atoms with Crippen molar-refractivity contribution in [1.29, 1.82) is 0 Å². The van der Waals surface area contributed by atoms with E-state index >= 15 is 0 Å². The van der Waals surface area contributed by atoms with Crippen LogP contribution < -0.4 is 15.4 Å². The number of benzene rings is 2. The maximum Gasteiger partial charge on any atom is 0.206 e. The summed E-state index contributed by atoms with van der Waals surface area (Å²) >= 11 is 0. The second kappa shape index (κ2) is 12.3. The number of pyridine rings is 2. The summed E-state index contributed by atoms with van der Waals surface area (Å²) in [6.45, 7) is 7.41. The predicted molar refractivity (Wildman–Crippen MR) is 199 cm³/mol. The minimum Gasteiger partial charge on any atom is -0.507 e. The minimum atomic E-state index is 0.0995. The normalized spacial score (nSPS) is 16.1. The largest absolute Gasteiger partial charge is 0.507 e. The monoisotopic (exact) mass is 710 g/mol. The lowest BCUT2D eigenvalue weighted by atomic mass is 10.0. The molecule has 0 radical (unpaired) electrons. The van der Waals surface area contributed by atoms with E-state index in [9.17, 15) is 5.11 Å². The first kappa shape index (κ1) is 31.8. The van der Waals surface area contributed by atoms with Gasteiger partial charge in [-0.1, -0.05) is 0 Å². The Morgan fingerprint density at radius 2 is 1.53 bits per heavy atom. The van der Waals surface area contributed by atoms with Crippen LogP contribution in [0.5, 0.6) is 17.2 Å². The lowest BCUT2D eigenvalue weighted by Gasteiger charge is -2.22. The molecule has 10 rings (SSSR count). The van der Waals surface area contributed by atoms with Gasteiger partial charge in [0.2, 0.25) is 5.65 Å². The number of phenolic OH excluding ortho intramolecular Hbond substituents is 1. The van der Waals surface area contributed by atoms with Crippen LogP contribution in [0.15, 0.2) is 53.2 Å². The second-order valence-electron chi connectivity index (χ2n) is 14.2. The van der Waals surface area contributed by atoms with E-state index in [-0.39, 0.29) is 11.8 Å². The number of fused-ring (bicyclic) bond motifs is 4. The molecular formula is C38H38N12O3. The summed E-state index contributed by atoms with van der Waals surface area (Å²) in [5.41, 5.74) is 7.72. The van der Waals surface area contributed by atoms with Crippen molar-refractivity contribution in [3.05, 3.63) is 60.2 Å². The molecule has 2 fully saturated rings. The minimum absolute atomic E-state index is 0.0995. The number of aromatic nitrogens is 10. The van der Waals surface area contributed by atoms with Gasteiger partial charge < -0.3 is 24.9 Å².